The zero-order valence-corrected chi connectivity index (χ0v) is 16.4. The van der Waals surface area contributed by atoms with E-state index in [4.69, 9.17) is 0 Å². The summed E-state index contributed by atoms with van der Waals surface area (Å²) < 4.78 is 0. The molecule has 2 aliphatic carbocycles. The molecule has 0 amide bonds. The Morgan fingerprint density at radius 3 is 2.57 bits per heavy atom. The summed E-state index contributed by atoms with van der Waals surface area (Å²) in [5, 5.41) is 0. The summed E-state index contributed by atoms with van der Waals surface area (Å²) >= 11 is 2.14. The first kappa shape index (κ1) is 16.1. The van der Waals surface area contributed by atoms with Crippen molar-refractivity contribution < 1.29 is 0 Å². The van der Waals surface area contributed by atoms with Crippen molar-refractivity contribution >= 4 is 11.8 Å². The van der Waals surface area contributed by atoms with Crippen LogP contribution >= 0.6 is 11.8 Å². The molecule has 4 rings (SSSR count). The zero-order chi connectivity index (χ0) is 16.5. The van der Waals surface area contributed by atoms with E-state index in [-0.39, 0.29) is 0 Å². The van der Waals surface area contributed by atoms with Crippen LogP contribution in [0, 0.1) is 29.6 Å². The summed E-state index contributed by atoms with van der Waals surface area (Å²) in [5.41, 5.74) is 4.54. The van der Waals surface area contributed by atoms with E-state index in [9.17, 15) is 0 Å². The molecule has 1 aromatic carbocycles. The third kappa shape index (κ3) is 2.18. The van der Waals surface area contributed by atoms with Crippen molar-refractivity contribution in [3.05, 3.63) is 29.3 Å². The molecule has 0 saturated heterocycles. The van der Waals surface area contributed by atoms with Gasteiger partial charge in [0.25, 0.3) is 0 Å². The van der Waals surface area contributed by atoms with Gasteiger partial charge in [0.1, 0.15) is 0 Å². The molecule has 0 aromatic heterocycles. The first-order valence-corrected chi connectivity index (χ1v) is 10.5. The summed E-state index contributed by atoms with van der Waals surface area (Å²) in [5.74, 6) is 3.08. The fourth-order valence-corrected chi connectivity index (χ4v) is 8.56. The van der Waals surface area contributed by atoms with Crippen molar-refractivity contribution in [2.75, 3.05) is 5.75 Å². The summed E-state index contributed by atoms with van der Waals surface area (Å²) in [6.45, 7) is 12.6. The van der Waals surface area contributed by atoms with Gasteiger partial charge in [-0.15, -0.1) is 11.8 Å². The Labute approximate surface area is 146 Å². The van der Waals surface area contributed by atoms with E-state index >= 15 is 0 Å². The molecular weight excluding hydrogens is 296 g/mol. The van der Waals surface area contributed by atoms with Gasteiger partial charge in [-0.1, -0.05) is 46.2 Å². The van der Waals surface area contributed by atoms with Crippen LogP contribution in [0.3, 0.4) is 0 Å². The number of thioether (sulfide) groups is 1. The lowest BCUT2D eigenvalue weighted by Gasteiger charge is -2.64. The van der Waals surface area contributed by atoms with Crippen LogP contribution in [-0.2, 0) is 5.41 Å². The number of aryl methyl sites for hydroxylation is 1. The maximum absolute atomic E-state index is 2.65. The van der Waals surface area contributed by atoms with E-state index in [2.05, 4.69) is 64.6 Å². The van der Waals surface area contributed by atoms with Gasteiger partial charge in [0.05, 0.1) is 0 Å². The Balaban J connectivity index is 1.80. The minimum Gasteiger partial charge on any atom is -0.126 e. The topological polar surface area (TPSA) is 0 Å². The van der Waals surface area contributed by atoms with Crippen LogP contribution in [0.4, 0.5) is 0 Å². The average molecular weight is 329 g/mol. The van der Waals surface area contributed by atoms with Crippen molar-refractivity contribution in [2.45, 2.75) is 77.0 Å². The van der Waals surface area contributed by atoms with E-state index in [1.807, 2.05) is 0 Å². The lowest BCUT2D eigenvalue weighted by Crippen LogP contribution is -2.58. The summed E-state index contributed by atoms with van der Waals surface area (Å²) in [6.07, 6.45) is 7.12. The number of benzene rings is 1. The Bertz CT molecular complexity index is 631. The Hall–Kier alpha value is -0.430. The monoisotopic (exact) mass is 328 g/mol. The molecule has 0 radical (unpaired) electrons. The van der Waals surface area contributed by atoms with Gasteiger partial charge in [0.2, 0.25) is 0 Å². The van der Waals surface area contributed by atoms with E-state index < -0.39 is 0 Å². The van der Waals surface area contributed by atoms with Gasteiger partial charge in [-0.05, 0) is 77.9 Å². The molecule has 0 spiro atoms. The van der Waals surface area contributed by atoms with Gasteiger partial charge in [0.15, 0.2) is 0 Å². The van der Waals surface area contributed by atoms with E-state index in [0.717, 1.165) is 11.8 Å². The second kappa shape index (κ2) is 5.04. The van der Waals surface area contributed by atoms with Gasteiger partial charge in [0, 0.05) is 10.6 Å². The highest BCUT2D eigenvalue weighted by Gasteiger charge is 2.59. The van der Waals surface area contributed by atoms with Gasteiger partial charge in [-0.25, -0.2) is 0 Å². The normalized spacial score (nSPS) is 41.6. The second-order valence-corrected chi connectivity index (χ2v) is 10.8. The summed E-state index contributed by atoms with van der Waals surface area (Å²) in [7, 11) is 0. The van der Waals surface area contributed by atoms with E-state index in [0.29, 0.717) is 16.2 Å². The molecule has 2 fully saturated rings. The fraction of sp³-hybridized carbons (Fsp3) is 0.727. The van der Waals surface area contributed by atoms with Crippen LogP contribution in [0.2, 0.25) is 0 Å². The number of hydrogen-bond acceptors (Lipinski definition) is 1. The molecule has 1 heterocycles. The van der Waals surface area contributed by atoms with Crippen LogP contribution in [0.5, 0.6) is 0 Å². The van der Waals surface area contributed by atoms with Crippen LogP contribution < -0.4 is 0 Å². The Morgan fingerprint density at radius 2 is 1.78 bits per heavy atom. The molecule has 126 valence electrons. The quantitative estimate of drug-likeness (QED) is 0.517. The predicted octanol–water partition coefficient (Wildman–Crippen LogP) is 6.60. The van der Waals surface area contributed by atoms with E-state index in [1.54, 1.807) is 10.5 Å². The summed E-state index contributed by atoms with van der Waals surface area (Å²) in [6, 6.07) is 7.23. The maximum atomic E-state index is 2.65. The first-order chi connectivity index (χ1) is 10.8. The average Bonchev–Trinajstić information content (AvgIpc) is 2.45. The molecule has 3 aliphatic rings. The highest BCUT2D eigenvalue weighted by Crippen LogP contribution is 2.67. The van der Waals surface area contributed by atoms with Crippen LogP contribution in [-0.4, -0.2) is 5.75 Å². The third-order valence-corrected chi connectivity index (χ3v) is 9.10. The van der Waals surface area contributed by atoms with Crippen molar-refractivity contribution in [2.24, 2.45) is 22.7 Å². The molecule has 2 saturated carbocycles. The molecule has 0 nitrogen and oxygen atoms in total. The molecule has 0 N–H and O–H groups in total. The number of rotatable bonds is 0. The molecular formula is C22H32S. The van der Waals surface area contributed by atoms with Crippen molar-refractivity contribution in [1.82, 2.24) is 0 Å². The maximum Gasteiger partial charge on any atom is 0.0112 e. The molecule has 23 heavy (non-hydrogen) atoms. The number of fused-ring (bicyclic) bond motifs is 5. The molecule has 4 atom stereocenters. The molecule has 0 unspecified atom stereocenters. The summed E-state index contributed by atoms with van der Waals surface area (Å²) in [4.78, 5) is 1.57. The Kier molecular flexibility index (Phi) is 3.52. The Morgan fingerprint density at radius 1 is 1.00 bits per heavy atom. The third-order valence-electron chi connectivity index (χ3n) is 7.95. The van der Waals surface area contributed by atoms with Gasteiger partial charge in [-0.3, -0.25) is 0 Å². The predicted molar refractivity (Wildman–Crippen MR) is 101 cm³/mol. The lowest BCUT2D eigenvalue weighted by molar-refractivity contribution is -0.0973. The minimum atomic E-state index is 0.396. The largest absolute Gasteiger partial charge is 0.126 e. The SMILES string of the molecule is Cc1ccc2c(c1)SC[C@@H]1[C@@]3(C)CCCC(C)(C)[C@@H]3CC[C@@]21C. The van der Waals surface area contributed by atoms with Crippen molar-refractivity contribution in [3.63, 3.8) is 0 Å². The number of hydrogen-bond donors (Lipinski definition) is 0. The van der Waals surface area contributed by atoms with Gasteiger partial charge < -0.3 is 0 Å². The molecule has 1 heteroatoms. The highest BCUT2D eigenvalue weighted by atomic mass is 32.2. The van der Waals surface area contributed by atoms with Crippen molar-refractivity contribution in [1.29, 1.82) is 0 Å². The van der Waals surface area contributed by atoms with Gasteiger partial charge >= 0.3 is 0 Å². The van der Waals surface area contributed by atoms with Gasteiger partial charge in [-0.2, -0.15) is 0 Å². The molecule has 1 aromatic rings. The first-order valence-electron chi connectivity index (χ1n) is 9.51. The second-order valence-electron chi connectivity index (χ2n) is 9.72. The molecule has 0 bridgehead atoms. The van der Waals surface area contributed by atoms with Crippen LogP contribution in [0.15, 0.2) is 23.1 Å². The minimum absolute atomic E-state index is 0.396. The smallest absolute Gasteiger partial charge is 0.0112 e. The zero-order valence-electron chi connectivity index (χ0n) is 15.5. The van der Waals surface area contributed by atoms with Crippen LogP contribution in [0.25, 0.3) is 0 Å². The van der Waals surface area contributed by atoms with E-state index in [1.165, 1.54) is 43.4 Å². The molecule has 1 aliphatic heterocycles. The van der Waals surface area contributed by atoms with Crippen LogP contribution in [0.1, 0.15) is 70.9 Å². The lowest BCUT2D eigenvalue weighted by atomic mass is 9.43. The standard InChI is InChI=1S/C22H32S/c1-15-7-8-16-17(13-15)23-14-19-21(16,4)12-9-18-20(2,3)10-6-11-22(18,19)5/h7-8,13,18-19H,6,9-12,14H2,1-5H3/t18-,19-,21-,22-/m0/s1. The fourth-order valence-electron chi connectivity index (χ4n) is 6.74. The highest BCUT2D eigenvalue weighted by molar-refractivity contribution is 7.99. The van der Waals surface area contributed by atoms with Crippen molar-refractivity contribution in [3.8, 4) is 0 Å².